The summed E-state index contributed by atoms with van der Waals surface area (Å²) in [7, 11) is 1.64. The molecular formula is C26H27N3O4. The van der Waals surface area contributed by atoms with Gasteiger partial charge in [0.25, 0.3) is 0 Å². The maximum atomic E-state index is 12.0. The standard InChI is InChI=1S/C26H27N3O4/c1-32-22-12-9-20(10-13-22)19-7-4-18(5-8-19)6-15-26(31)33-16-2-3-25(30)29-24-14-11-21(27)17-23(24)28/h4-15,17H,2-3,16,27-28H2,1H3,(H,29,30)/b15-6+. The van der Waals surface area contributed by atoms with E-state index in [9.17, 15) is 9.59 Å². The van der Waals surface area contributed by atoms with E-state index in [1.54, 1.807) is 31.4 Å². The van der Waals surface area contributed by atoms with E-state index in [1.165, 1.54) is 6.08 Å². The summed E-state index contributed by atoms with van der Waals surface area (Å²) in [5.74, 6) is 0.136. The monoisotopic (exact) mass is 445 g/mol. The van der Waals surface area contributed by atoms with Crippen LogP contribution < -0.4 is 21.5 Å². The number of methoxy groups -OCH3 is 1. The van der Waals surface area contributed by atoms with Crippen LogP contribution in [0.3, 0.4) is 0 Å². The normalized spacial score (nSPS) is 10.7. The van der Waals surface area contributed by atoms with Gasteiger partial charge in [0.15, 0.2) is 0 Å². The van der Waals surface area contributed by atoms with Gasteiger partial charge in [-0.05, 0) is 59.5 Å². The van der Waals surface area contributed by atoms with Crippen molar-refractivity contribution < 1.29 is 19.1 Å². The molecule has 0 aromatic heterocycles. The van der Waals surface area contributed by atoms with E-state index in [4.69, 9.17) is 20.9 Å². The van der Waals surface area contributed by atoms with Crippen molar-refractivity contribution in [3.63, 3.8) is 0 Å². The first-order valence-electron chi connectivity index (χ1n) is 10.5. The van der Waals surface area contributed by atoms with Crippen LogP contribution in [0.25, 0.3) is 17.2 Å². The molecule has 0 bridgehead atoms. The third-order valence-electron chi connectivity index (χ3n) is 4.89. The molecule has 0 unspecified atom stereocenters. The van der Waals surface area contributed by atoms with Crippen molar-refractivity contribution in [2.75, 3.05) is 30.5 Å². The van der Waals surface area contributed by atoms with E-state index >= 15 is 0 Å². The van der Waals surface area contributed by atoms with Crippen molar-refractivity contribution in [2.45, 2.75) is 12.8 Å². The largest absolute Gasteiger partial charge is 0.497 e. The molecule has 1 amide bonds. The lowest BCUT2D eigenvalue weighted by Gasteiger charge is -2.08. The third-order valence-corrected chi connectivity index (χ3v) is 4.89. The molecule has 0 spiro atoms. The van der Waals surface area contributed by atoms with E-state index in [2.05, 4.69) is 5.32 Å². The average molecular weight is 446 g/mol. The Kier molecular flexibility index (Phi) is 8.07. The smallest absolute Gasteiger partial charge is 0.330 e. The molecule has 0 aliphatic carbocycles. The summed E-state index contributed by atoms with van der Waals surface area (Å²) in [6.07, 6.45) is 3.67. The van der Waals surface area contributed by atoms with Crippen molar-refractivity contribution >= 4 is 35.0 Å². The second kappa shape index (κ2) is 11.4. The lowest BCUT2D eigenvalue weighted by atomic mass is 10.0. The number of amides is 1. The zero-order valence-corrected chi connectivity index (χ0v) is 18.4. The van der Waals surface area contributed by atoms with Crippen molar-refractivity contribution in [2.24, 2.45) is 0 Å². The molecule has 0 heterocycles. The van der Waals surface area contributed by atoms with Gasteiger partial charge in [0, 0.05) is 18.2 Å². The van der Waals surface area contributed by atoms with Gasteiger partial charge >= 0.3 is 5.97 Å². The van der Waals surface area contributed by atoms with Gasteiger partial charge in [0.2, 0.25) is 5.91 Å². The summed E-state index contributed by atoms with van der Waals surface area (Å²) >= 11 is 0. The number of carbonyl (C=O) groups excluding carboxylic acids is 2. The zero-order chi connectivity index (χ0) is 23.6. The highest BCUT2D eigenvalue weighted by molar-refractivity contribution is 5.94. The first-order chi connectivity index (χ1) is 15.9. The number of benzene rings is 3. The molecule has 0 saturated heterocycles. The molecule has 7 heteroatoms. The van der Waals surface area contributed by atoms with Gasteiger partial charge in [-0.3, -0.25) is 4.79 Å². The van der Waals surface area contributed by atoms with Crippen LogP contribution >= 0.6 is 0 Å². The topological polar surface area (TPSA) is 117 Å². The van der Waals surface area contributed by atoms with Crippen LogP contribution in [0.5, 0.6) is 5.75 Å². The number of rotatable bonds is 9. The Bertz CT molecular complexity index is 1120. The van der Waals surface area contributed by atoms with E-state index in [1.807, 2.05) is 48.5 Å². The molecule has 3 aromatic rings. The van der Waals surface area contributed by atoms with Gasteiger partial charge in [-0.25, -0.2) is 4.79 Å². The Morgan fingerprint density at radius 2 is 1.61 bits per heavy atom. The van der Waals surface area contributed by atoms with E-state index < -0.39 is 5.97 Å². The van der Waals surface area contributed by atoms with Gasteiger partial charge in [-0.1, -0.05) is 36.4 Å². The third kappa shape index (κ3) is 7.14. The molecule has 0 fully saturated rings. The van der Waals surface area contributed by atoms with Crippen molar-refractivity contribution in [3.8, 4) is 16.9 Å². The molecule has 0 aliphatic rings. The average Bonchev–Trinajstić information content (AvgIpc) is 2.83. The summed E-state index contributed by atoms with van der Waals surface area (Å²) < 4.78 is 10.3. The van der Waals surface area contributed by atoms with Crippen LogP contribution in [0.4, 0.5) is 17.1 Å². The van der Waals surface area contributed by atoms with E-state index in [0.29, 0.717) is 23.5 Å². The minimum absolute atomic E-state index is 0.143. The second-order valence-electron chi connectivity index (χ2n) is 7.35. The summed E-state index contributed by atoms with van der Waals surface area (Å²) in [6.45, 7) is 0.143. The number of nitrogen functional groups attached to an aromatic ring is 2. The molecule has 3 aromatic carbocycles. The molecule has 0 radical (unpaired) electrons. The first kappa shape index (κ1) is 23.4. The predicted octanol–water partition coefficient (Wildman–Crippen LogP) is 4.50. The van der Waals surface area contributed by atoms with Gasteiger partial charge in [0.05, 0.1) is 25.1 Å². The van der Waals surface area contributed by atoms with Gasteiger partial charge in [-0.15, -0.1) is 0 Å². The summed E-state index contributed by atoms with van der Waals surface area (Å²) in [5.41, 5.74) is 15.9. The number of carbonyl (C=O) groups is 2. The lowest BCUT2D eigenvalue weighted by Crippen LogP contribution is -2.14. The van der Waals surface area contributed by atoms with Gasteiger partial charge < -0.3 is 26.3 Å². The highest BCUT2D eigenvalue weighted by atomic mass is 16.5. The Hall–Kier alpha value is -4.26. The maximum Gasteiger partial charge on any atom is 0.330 e. The summed E-state index contributed by atoms with van der Waals surface area (Å²) in [6, 6.07) is 20.5. The quantitative estimate of drug-likeness (QED) is 0.193. The molecule has 33 heavy (non-hydrogen) atoms. The number of esters is 1. The summed E-state index contributed by atoms with van der Waals surface area (Å²) in [5, 5.41) is 2.71. The highest BCUT2D eigenvalue weighted by Gasteiger charge is 2.06. The SMILES string of the molecule is COc1ccc(-c2ccc(/C=C/C(=O)OCCCC(=O)Nc3ccc(N)cc3N)cc2)cc1. The molecule has 5 N–H and O–H groups in total. The van der Waals surface area contributed by atoms with Crippen LogP contribution in [0, 0.1) is 0 Å². The zero-order valence-electron chi connectivity index (χ0n) is 18.4. The molecule has 170 valence electrons. The fourth-order valence-electron chi connectivity index (χ4n) is 3.10. The minimum Gasteiger partial charge on any atom is -0.497 e. The van der Waals surface area contributed by atoms with Crippen LogP contribution in [0.15, 0.2) is 72.8 Å². The second-order valence-corrected chi connectivity index (χ2v) is 7.35. The number of anilines is 3. The van der Waals surface area contributed by atoms with E-state index in [0.717, 1.165) is 22.4 Å². The maximum absolute atomic E-state index is 12.0. The fraction of sp³-hybridized carbons (Fsp3) is 0.154. The first-order valence-corrected chi connectivity index (χ1v) is 10.5. The highest BCUT2D eigenvalue weighted by Crippen LogP contribution is 2.23. The van der Waals surface area contributed by atoms with Crippen molar-refractivity contribution in [3.05, 3.63) is 78.4 Å². The number of ether oxygens (including phenoxy) is 2. The molecule has 3 rings (SSSR count). The molecular weight excluding hydrogens is 418 g/mol. The predicted molar refractivity (Wildman–Crippen MR) is 132 cm³/mol. The van der Waals surface area contributed by atoms with Gasteiger partial charge in [-0.2, -0.15) is 0 Å². The molecule has 0 aliphatic heterocycles. The number of hydrogen-bond acceptors (Lipinski definition) is 6. The number of nitrogens with one attached hydrogen (secondary N) is 1. The van der Waals surface area contributed by atoms with Crippen LogP contribution in [-0.4, -0.2) is 25.6 Å². The Morgan fingerprint density at radius 3 is 2.24 bits per heavy atom. The molecule has 0 atom stereocenters. The Morgan fingerprint density at radius 1 is 0.939 bits per heavy atom. The van der Waals surface area contributed by atoms with Crippen LogP contribution in [0.2, 0.25) is 0 Å². The van der Waals surface area contributed by atoms with Crippen LogP contribution in [-0.2, 0) is 14.3 Å². The Balaban J connectivity index is 1.40. The van der Waals surface area contributed by atoms with Crippen molar-refractivity contribution in [1.29, 1.82) is 0 Å². The van der Waals surface area contributed by atoms with Crippen LogP contribution in [0.1, 0.15) is 18.4 Å². The summed E-state index contributed by atoms with van der Waals surface area (Å²) in [4.78, 5) is 23.9. The van der Waals surface area contributed by atoms with Gasteiger partial charge in [0.1, 0.15) is 5.75 Å². The molecule has 0 saturated carbocycles. The van der Waals surface area contributed by atoms with E-state index in [-0.39, 0.29) is 18.9 Å². The Labute approximate surface area is 193 Å². The minimum atomic E-state index is -0.461. The molecule has 7 nitrogen and oxygen atoms in total. The fourth-order valence-corrected chi connectivity index (χ4v) is 3.10. The number of nitrogens with two attached hydrogens (primary N) is 2. The lowest BCUT2D eigenvalue weighted by molar-refractivity contribution is -0.138. The van der Waals surface area contributed by atoms with Crippen molar-refractivity contribution in [1.82, 2.24) is 0 Å². The number of hydrogen-bond donors (Lipinski definition) is 3.